The Hall–Kier alpha value is -2.63. The number of nitrogens with one attached hydrogen (secondary N) is 2. The maximum atomic E-state index is 12.5. The van der Waals surface area contributed by atoms with Crippen LogP contribution < -0.4 is 10.9 Å². The molecule has 0 atom stereocenters. The summed E-state index contributed by atoms with van der Waals surface area (Å²) in [5, 5.41) is 2.94. The van der Waals surface area contributed by atoms with Gasteiger partial charge in [0.05, 0.1) is 11.0 Å². The predicted octanol–water partition coefficient (Wildman–Crippen LogP) is 2.69. The number of aromatic amines is 1. The Morgan fingerprint density at radius 3 is 2.83 bits per heavy atom. The van der Waals surface area contributed by atoms with Crippen LogP contribution in [0.15, 0.2) is 35.1 Å². The van der Waals surface area contributed by atoms with Crippen molar-refractivity contribution in [3.63, 3.8) is 0 Å². The summed E-state index contributed by atoms with van der Waals surface area (Å²) in [4.78, 5) is 31.5. The van der Waals surface area contributed by atoms with Crippen molar-refractivity contribution in [3.8, 4) is 0 Å². The quantitative estimate of drug-likeness (QED) is 0.764. The molecule has 118 valence electrons. The summed E-state index contributed by atoms with van der Waals surface area (Å²) in [5.74, 6) is 0.952. The van der Waals surface area contributed by atoms with Crippen LogP contribution in [-0.2, 0) is 4.79 Å². The van der Waals surface area contributed by atoms with Crippen molar-refractivity contribution in [3.05, 3.63) is 40.7 Å². The van der Waals surface area contributed by atoms with E-state index in [4.69, 9.17) is 0 Å². The largest absolute Gasteiger partial charge is 0.311 e. The number of carbonyl (C=O) groups is 1. The van der Waals surface area contributed by atoms with Crippen molar-refractivity contribution in [2.45, 2.75) is 32.1 Å². The SMILES string of the molecule is O=C(Nc1cc(=O)[nH]c2nc3ccccc3n12)C1CCCCC1. The normalized spacial score (nSPS) is 16.0. The van der Waals surface area contributed by atoms with Crippen LogP contribution in [0.2, 0.25) is 0 Å². The van der Waals surface area contributed by atoms with E-state index in [1.54, 1.807) is 4.40 Å². The van der Waals surface area contributed by atoms with Gasteiger partial charge in [-0.2, -0.15) is 0 Å². The molecule has 0 radical (unpaired) electrons. The molecule has 0 saturated heterocycles. The third kappa shape index (κ3) is 2.50. The van der Waals surface area contributed by atoms with Crippen LogP contribution in [0.4, 0.5) is 5.82 Å². The van der Waals surface area contributed by atoms with E-state index in [1.807, 2.05) is 24.3 Å². The average molecular weight is 310 g/mol. The molecular weight excluding hydrogens is 292 g/mol. The lowest BCUT2D eigenvalue weighted by atomic mass is 9.89. The first-order valence-corrected chi connectivity index (χ1v) is 8.04. The molecule has 1 fully saturated rings. The molecule has 23 heavy (non-hydrogen) atoms. The van der Waals surface area contributed by atoms with Crippen LogP contribution in [0, 0.1) is 5.92 Å². The molecular formula is C17H18N4O2. The number of nitrogens with zero attached hydrogens (tertiary/aromatic N) is 2. The van der Waals surface area contributed by atoms with Gasteiger partial charge >= 0.3 is 0 Å². The van der Waals surface area contributed by atoms with Crippen LogP contribution in [-0.4, -0.2) is 20.3 Å². The molecule has 0 unspecified atom stereocenters. The van der Waals surface area contributed by atoms with E-state index in [0.717, 1.165) is 36.7 Å². The first-order valence-electron chi connectivity index (χ1n) is 8.04. The van der Waals surface area contributed by atoms with Gasteiger partial charge in [-0.25, -0.2) is 4.98 Å². The lowest BCUT2D eigenvalue weighted by molar-refractivity contribution is -0.120. The summed E-state index contributed by atoms with van der Waals surface area (Å²) in [6.07, 6.45) is 5.23. The molecule has 1 aliphatic carbocycles. The number of hydrogen-bond donors (Lipinski definition) is 2. The Morgan fingerprint density at radius 1 is 1.22 bits per heavy atom. The highest BCUT2D eigenvalue weighted by atomic mass is 16.2. The van der Waals surface area contributed by atoms with Crippen LogP contribution in [0.1, 0.15) is 32.1 Å². The average Bonchev–Trinajstić information content (AvgIpc) is 2.93. The Bertz CT molecular complexity index is 935. The number of para-hydroxylation sites is 2. The number of imidazole rings is 1. The van der Waals surface area contributed by atoms with Gasteiger partial charge in [-0.15, -0.1) is 0 Å². The van der Waals surface area contributed by atoms with Gasteiger partial charge in [-0.3, -0.25) is 19.0 Å². The van der Waals surface area contributed by atoms with Gasteiger partial charge in [-0.05, 0) is 25.0 Å². The smallest absolute Gasteiger partial charge is 0.254 e. The topological polar surface area (TPSA) is 79.3 Å². The summed E-state index contributed by atoms with van der Waals surface area (Å²) in [7, 11) is 0. The zero-order chi connectivity index (χ0) is 15.8. The van der Waals surface area contributed by atoms with E-state index in [1.165, 1.54) is 12.5 Å². The second-order valence-electron chi connectivity index (χ2n) is 6.10. The molecule has 2 aromatic heterocycles. The van der Waals surface area contributed by atoms with Gasteiger partial charge < -0.3 is 5.32 Å². The lowest BCUT2D eigenvalue weighted by Crippen LogP contribution is -2.26. The van der Waals surface area contributed by atoms with E-state index in [0.29, 0.717) is 11.6 Å². The first kappa shape index (κ1) is 14.0. The highest BCUT2D eigenvalue weighted by Crippen LogP contribution is 2.25. The first-order chi connectivity index (χ1) is 11.2. The van der Waals surface area contributed by atoms with Crippen molar-refractivity contribution in [2.24, 2.45) is 5.92 Å². The molecule has 2 N–H and O–H groups in total. The fourth-order valence-corrected chi connectivity index (χ4v) is 3.37. The summed E-state index contributed by atoms with van der Waals surface area (Å²) >= 11 is 0. The highest BCUT2D eigenvalue weighted by molar-refractivity contribution is 5.93. The van der Waals surface area contributed by atoms with E-state index >= 15 is 0 Å². The molecule has 6 nitrogen and oxygen atoms in total. The number of amides is 1. The van der Waals surface area contributed by atoms with E-state index in [-0.39, 0.29) is 17.4 Å². The minimum Gasteiger partial charge on any atom is -0.311 e. The second kappa shape index (κ2) is 5.53. The number of carbonyl (C=O) groups excluding carboxylic acids is 1. The van der Waals surface area contributed by atoms with Gasteiger partial charge in [0.15, 0.2) is 0 Å². The fraction of sp³-hybridized carbons (Fsp3) is 0.353. The standard InChI is InChI=1S/C17H18N4O2/c22-15-10-14(19-16(23)11-6-2-1-3-7-11)21-13-9-5-4-8-12(13)18-17(21)20-15/h4-5,8-11H,1-3,6-7H2,(H,19,23)(H,18,20,22). The van der Waals surface area contributed by atoms with Gasteiger partial charge in [0, 0.05) is 12.0 Å². The van der Waals surface area contributed by atoms with Crippen LogP contribution in [0.25, 0.3) is 16.8 Å². The molecule has 6 heteroatoms. The Morgan fingerprint density at radius 2 is 2.00 bits per heavy atom. The zero-order valence-electron chi connectivity index (χ0n) is 12.7. The number of hydrogen-bond acceptors (Lipinski definition) is 3. The number of aromatic nitrogens is 3. The van der Waals surface area contributed by atoms with Crippen molar-refractivity contribution < 1.29 is 4.79 Å². The molecule has 0 spiro atoms. The second-order valence-corrected chi connectivity index (χ2v) is 6.10. The summed E-state index contributed by atoms with van der Waals surface area (Å²) in [6.45, 7) is 0. The minimum absolute atomic E-state index is 0.00520. The van der Waals surface area contributed by atoms with Gasteiger partial charge in [-0.1, -0.05) is 31.4 Å². The number of H-pyrrole nitrogens is 1. The summed E-state index contributed by atoms with van der Waals surface area (Å²) < 4.78 is 1.79. The van der Waals surface area contributed by atoms with Crippen molar-refractivity contribution in [2.75, 3.05) is 5.32 Å². The van der Waals surface area contributed by atoms with E-state index in [2.05, 4.69) is 15.3 Å². The molecule has 1 amide bonds. The number of fused-ring (bicyclic) bond motifs is 3. The molecule has 0 bridgehead atoms. The third-order valence-corrected chi connectivity index (χ3v) is 4.53. The molecule has 2 heterocycles. The lowest BCUT2D eigenvalue weighted by Gasteiger charge is -2.21. The summed E-state index contributed by atoms with van der Waals surface area (Å²) in [6, 6.07) is 9.03. The van der Waals surface area contributed by atoms with Gasteiger partial charge in [0.1, 0.15) is 5.82 Å². The molecule has 4 rings (SSSR count). The molecule has 0 aliphatic heterocycles. The number of anilines is 1. The van der Waals surface area contributed by atoms with Crippen molar-refractivity contribution in [1.82, 2.24) is 14.4 Å². The third-order valence-electron chi connectivity index (χ3n) is 4.53. The highest BCUT2D eigenvalue weighted by Gasteiger charge is 2.22. The Kier molecular flexibility index (Phi) is 3.37. The molecule has 3 aromatic rings. The van der Waals surface area contributed by atoms with Gasteiger partial charge in [0.25, 0.3) is 5.56 Å². The van der Waals surface area contributed by atoms with Crippen molar-refractivity contribution in [1.29, 1.82) is 0 Å². The molecule has 1 saturated carbocycles. The predicted molar refractivity (Wildman–Crippen MR) is 88.5 cm³/mol. The maximum Gasteiger partial charge on any atom is 0.254 e. The van der Waals surface area contributed by atoms with Gasteiger partial charge in [0.2, 0.25) is 11.7 Å². The fourth-order valence-electron chi connectivity index (χ4n) is 3.37. The molecule has 1 aliphatic rings. The maximum absolute atomic E-state index is 12.5. The van der Waals surface area contributed by atoms with Crippen LogP contribution in [0.5, 0.6) is 0 Å². The van der Waals surface area contributed by atoms with Crippen molar-refractivity contribution >= 4 is 28.5 Å². The van der Waals surface area contributed by atoms with Crippen LogP contribution in [0.3, 0.4) is 0 Å². The molecule has 1 aromatic carbocycles. The van der Waals surface area contributed by atoms with E-state index < -0.39 is 0 Å². The minimum atomic E-state index is -0.272. The monoisotopic (exact) mass is 310 g/mol. The Balaban J connectivity index is 1.79. The van der Waals surface area contributed by atoms with Crippen LogP contribution >= 0.6 is 0 Å². The van der Waals surface area contributed by atoms with E-state index in [9.17, 15) is 9.59 Å². The zero-order valence-corrected chi connectivity index (χ0v) is 12.7. The number of rotatable bonds is 2. The summed E-state index contributed by atoms with van der Waals surface area (Å²) in [5.41, 5.74) is 1.37. The Labute approximate surface area is 132 Å². The number of benzene rings is 1.